The Morgan fingerprint density at radius 2 is 1.92 bits per heavy atom. The third kappa shape index (κ3) is 3.33. The molecule has 0 radical (unpaired) electrons. The van der Waals surface area contributed by atoms with Crippen molar-refractivity contribution in [3.8, 4) is 0 Å². The van der Waals surface area contributed by atoms with Gasteiger partial charge in [-0.15, -0.1) is 0 Å². The average molecular weight is 351 g/mol. The summed E-state index contributed by atoms with van der Waals surface area (Å²) in [5.41, 5.74) is -0.122. The maximum atomic E-state index is 13.6. The van der Waals surface area contributed by atoms with Gasteiger partial charge in [0, 0.05) is 18.3 Å². The second-order valence-electron chi connectivity index (χ2n) is 5.46. The molecule has 3 aromatic rings. The number of pyridine rings is 1. The van der Waals surface area contributed by atoms with E-state index in [1.807, 2.05) is 0 Å². The van der Waals surface area contributed by atoms with Gasteiger partial charge in [-0.05, 0) is 25.1 Å². The Labute approximate surface area is 140 Å². The number of fused-ring (bicyclic) bond motifs is 1. The first-order chi connectivity index (χ1) is 11.8. The molecule has 2 aromatic heterocycles. The van der Waals surface area contributed by atoms with Crippen molar-refractivity contribution in [3.05, 3.63) is 70.9 Å². The first-order valence-corrected chi connectivity index (χ1v) is 7.35. The summed E-state index contributed by atoms with van der Waals surface area (Å²) in [6.45, 7) is 1.44. The molecule has 0 fully saturated rings. The quantitative estimate of drug-likeness (QED) is 0.731. The van der Waals surface area contributed by atoms with Gasteiger partial charge in [0.2, 0.25) is 0 Å². The number of rotatable bonds is 3. The lowest BCUT2D eigenvalue weighted by atomic mass is 10.2. The number of imidazole rings is 1. The molecule has 130 valence electrons. The monoisotopic (exact) mass is 351 g/mol. The van der Waals surface area contributed by atoms with Crippen LogP contribution in [0.5, 0.6) is 0 Å². The lowest BCUT2D eigenvalue weighted by Gasteiger charge is -2.09. The number of carbonyl (C=O) groups excluding carboxylic acids is 1. The van der Waals surface area contributed by atoms with Crippen LogP contribution in [0.1, 0.15) is 27.3 Å². The van der Waals surface area contributed by atoms with Crippen LogP contribution in [0.4, 0.5) is 17.6 Å². The fourth-order valence-electron chi connectivity index (χ4n) is 2.50. The van der Waals surface area contributed by atoms with Crippen molar-refractivity contribution in [2.75, 3.05) is 0 Å². The van der Waals surface area contributed by atoms with Crippen molar-refractivity contribution in [1.29, 1.82) is 0 Å². The van der Waals surface area contributed by atoms with Crippen LogP contribution in [0.2, 0.25) is 0 Å². The average Bonchev–Trinajstić information content (AvgIpc) is 2.88. The molecule has 0 atom stereocenters. The number of aryl methyl sites for hydroxylation is 1. The Balaban J connectivity index is 1.93. The largest absolute Gasteiger partial charge is 0.417 e. The van der Waals surface area contributed by atoms with Gasteiger partial charge < -0.3 is 5.32 Å². The van der Waals surface area contributed by atoms with Gasteiger partial charge in [0.1, 0.15) is 17.2 Å². The zero-order valence-corrected chi connectivity index (χ0v) is 13.1. The van der Waals surface area contributed by atoms with E-state index >= 15 is 0 Å². The molecular formula is C17H13F4N3O. The summed E-state index contributed by atoms with van der Waals surface area (Å²) in [7, 11) is 0. The molecule has 2 heterocycles. The normalized spacial score (nSPS) is 11.7. The highest BCUT2D eigenvalue weighted by Crippen LogP contribution is 2.29. The molecule has 0 aliphatic rings. The standard InChI is InChI=1S/C17H13F4N3O/c1-10-15(16(25)22-8-11-4-2-3-5-13(11)18)24-9-12(17(19,20)21)6-7-14(24)23-10/h2-7,9H,8H2,1H3,(H,22,25). The fraction of sp³-hybridized carbons (Fsp3) is 0.176. The van der Waals surface area contributed by atoms with E-state index in [1.165, 1.54) is 31.2 Å². The number of carbonyl (C=O) groups is 1. The maximum absolute atomic E-state index is 13.6. The number of halogens is 4. The lowest BCUT2D eigenvalue weighted by Crippen LogP contribution is -2.25. The summed E-state index contributed by atoms with van der Waals surface area (Å²) < 4.78 is 53.4. The number of hydrogen-bond acceptors (Lipinski definition) is 2. The van der Waals surface area contributed by atoms with E-state index in [0.717, 1.165) is 16.7 Å². The zero-order valence-electron chi connectivity index (χ0n) is 13.1. The highest BCUT2D eigenvalue weighted by Gasteiger charge is 2.31. The highest BCUT2D eigenvalue weighted by molar-refractivity contribution is 5.94. The van der Waals surface area contributed by atoms with Gasteiger partial charge in [0.15, 0.2) is 0 Å². The van der Waals surface area contributed by atoms with Crippen LogP contribution >= 0.6 is 0 Å². The van der Waals surface area contributed by atoms with Gasteiger partial charge in [0.05, 0.1) is 11.3 Å². The Kier molecular flexibility index (Phi) is 4.20. The second kappa shape index (κ2) is 6.19. The number of amides is 1. The van der Waals surface area contributed by atoms with E-state index in [4.69, 9.17) is 0 Å². The molecule has 3 rings (SSSR count). The minimum Gasteiger partial charge on any atom is -0.347 e. The zero-order chi connectivity index (χ0) is 18.2. The van der Waals surface area contributed by atoms with Crippen LogP contribution in [0.25, 0.3) is 5.65 Å². The second-order valence-corrected chi connectivity index (χ2v) is 5.46. The summed E-state index contributed by atoms with van der Waals surface area (Å²) in [6, 6.07) is 8.02. The number of aromatic nitrogens is 2. The molecule has 0 bridgehead atoms. The van der Waals surface area contributed by atoms with Crippen molar-refractivity contribution >= 4 is 11.6 Å². The summed E-state index contributed by atoms with van der Waals surface area (Å²) in [6.07, 6.45) is -3.71. The van der Waals surface area contributed by atoms with Crippen LogP contribution < -0.4 is 5.32 Å². The van der Waals surface area contributed by atoms with E-state index in [9.17, 15) is 22.4 Å². The fourth-order valence-corrected chi connectivity index (χ4v) is 2.50. The number of nitrogens with one attached hydrogen (secondary N) is 1. The minimum atomic E-state index is -4.53. The summed E-state index contributed by atoms with van der Waals surface area (Å²) in [4.78, 5) is 16.5. The van der Waals surface area contributed by atoms with Crippen molar-refractivity contribution in [3.63, 3.8) is 0 Å². The van der Waals surface area contributed by atoms with E-state index < -0.39 is 23.5 Å². The van der Waals surface area contributed by atoms with Crippen LogP contribution in [0.15, 0.2) is 42.6 Å². The SMILES string of the molecule is Cc1nc2ccc(C(F)(F)F)cn2c1C(=O)NCc1ccccc1F. The molecule has 4 nitrogen and oxygen atoms in total. The molecule has 0 saturated carbocycles. The molecule has 8 heteroatoms. The van der Waals surface area contributed by atoms with Crippen molar-refractivity contribution in [1.82, 2.24) is 14.7 Å². The molecule has 0 aliphatic heterocycles. The van der Waals surface area contributed by atoms with Crippen LogP contribution in [0, 0.1) is 12.7 Å². The summed E-state index contributed by atoms with van der Waals surface area (Å²) >= 11 is 0. The topological polar surface area (TPSA) is 46.4 Å². The molecule has 0 spiro atoms. The first-order valence-electron chi connectivity index (χ1n) is 7.35. The summed E-state index contributed by atoms with van der Waals surface area (Å²) in [5, 5.41) is 2.51. The molecule has 1 aromatic carbocycles. The Hall–Kier alpha value is -2.90. The van der Waals surface area contributed by atoms with Gasteiger partial charge in [-0.1, -0.05) is 18.2 Å². The highest BCUT2D eigenvalue weighted by atomic mass is 19.4. The Bertz CT molecular complexity index is 947. The third-order valence-electron chi connectivity index (χ3n) is 3.73. The van der Waals surface area contributed by atoms with Gasteiger partial charge in [-0.3, -0.25) is 9.20 Å². The molecule has 25 heavy (non-hydrogen) atoms. The lowest BCUT2D eigenvalue weighted by molar-refractivity contribution is -0.137. The smallest absolute Gasteiger partial charge is 0.347 e. The van der Waals surface area contributed by atoms with Gasteiger partial charge >= 0.3 is 6.18 Å². The number of nitrogens with zero attached hydrogens (tertiary/aromatic N) is 2. The Morgan fingerprint density at radius 3 is 2.60 bits per heavy atom. The van der Waals surface area contributed by atoms with Crippen LogP contribution in [-0.4, -0.2) is 15.3 Å². The van der Waals surface area contributed by atoms with E-state index in [-0.39, 0.29) is 29.1 Å². The first kappa shape index (κ1) is 16.9. The molecule has 1 amide bonds. The van der Waals surface area contributed by atoms with E-state index in [2.05, 4.69) is 10.3 Å². The van der Waals surface area contributed by atoms with E-state index in [0.29, 0.717) is 0 Å². The van der Waals surface area contributed by atoms with Gasteiger partial charge in [0.25, 0.3) is 5.91 Å². The predicted octanol–water partition coefficient (Wildman–Crippen LogP) is 3.73. The van der Waals surface area contributed by atoms with Crippen LogP contribution in [-0.2, 0) is 12.7 Å². The Morgan fingerprint density at radius 1 is 1.20 bits per heavy atom. The predicted molar refractivity (Wildman–Crippen MR) is 82.5 cm³/mol. The van der Waals surface area contributed by atoms with E-state index in [1.54, 1.807) is 6.07 Å². The molecule has 1 N–H and O–H groups in total. The molecular weight excluding hydrogens is 338 g/mol. The van der Waals surface area contributed by atoms with Crippen molar-refractivity contribution in [2.45, 2.75) is 19.6 Å². The molecule has 0 saturated heterocycles. The molecule has 0 aliphatic carbocycles. The molecule has 0 unspecified atom stereocenters. The van der Waals surface area contributed by atoms with Crippen molar-refractivity contribution < 1.29 is 22.4 Å². The number of alkyl halides is 3. The maximum Gasteiger partial charge on any atom is 0.417 e. The third-order valence-corrected chi connectivity index (χ3v) is 3.73. The number of hydrogen-bond donors (Lipinski definition) is 1. The number of benzene rings is 1. The van der Waals surface area contributed by atoms with Crippen molar-refractivity contribution in [2.24, 2.45) is 0 Å². The minimum absolute atomic E-state index is 0.0163. The summed E-state index contributed by atoms with van der Waals surface area (Å²) in [5.74, 6) is -1.11. The van der Waals surface area contributed by atoms with Crippen LogP contribution in [0.3, 0.4) is 0 Å². The van der Waals surface area contributed by atoms with Gasteiger partial charge in [-0.25, -0.2) is 9.37 Å². The van der Waals surface area contributed by atoms with Gasteiger partial charge in [-0.2, -0.15) is 13.2 Å².